The summed E-state index contributed by atoms with van der Waals surface area (Å²) in [4.78, 5) is 12.6. The average molecular weight is 519 g/mol. The number of hydrogen-bond acceptors (Lipinski definition) is 6. The molecule has 0 aliphatic carbocycles. The fourth-order valence-corrected chi connectivity index (χ4v) is 4.01. The Balaban J connectivity index is 1.22. The number of carbonyl (C=O) groups is 1. The molecule has 0 saturated carbocycles. The van der Waals surface area contributed by atoms with Gasteiger partial charge in [-0.25, -0.2) is 4.68 Å². The molecule has 1 aliphatic heterocycles. The van der Waals surface area contributed by atoms with Crippen LogP contribution in [-0.2, 0) is 27.2 Å². The van der Waals surface area contributed by atoms with Crippen LogP contribution >= 0.6 is 23.2 Å². The molecule has 1 saturated heterocycles. The van der Waals surface area contributed by atoms with Crippen molar-refractivity contribution >= 4 is 34.8 Å². The fraction of sp³-hybridized carbons (Fsp3) is 0.400. The third-order valence-electron chi connectivity index (χ3n) is 5.65. The monoisotopic (exact) mass is 518 g/mol. The van der Waals surface area contributed by atoms with E-state index in [1.54, 1.807) is 28.9 Å². The molecule has 1 amide bonds. The third-order valence-corrected chi connectivity index (χ3v) is 6.39. The maximum absolute atomic E-state index is 12.6. The standard InChI is InChI=1S/C25H28Cl2N4O4/c1-17-23(29-30-31(17)16-18-5-10-21(26)22(27)14-18)15-24(32)28-19-6-8-20(9-7-19)33-12-13-35-25-4-2-3-11-34-25/h5-10,14,25H,2-4,11-13,15-16H2,1H3,(H,28,32). The van der Waals surface area contributed by atoms with Crippen LogP contribution in [0.5, 0.6) is 5.75 Å². The molecule has 1 unspecified atom stereocenters. The van der Waals surface area contributed by atoms with Crippen LogP contribution in [0.4, 0.5) is 5.69 Å². The molecule has 8 nitrogen and oxygen atoms in total. The average Bonchev–Trinajstić information content (AvgIpc) is 3.19. The Morgan fingerprint density at radius 2 is 1.97 bits per heavy atom. The summed E-state index contributed by atoms with van der Waals surface area (Å²) in [6.07, 6.45) is 3.16. The molecule has 3 aromatic rings. The molecule has 2 aromatic carbocycles. The molecule has 4 rings (SSSR count). The first kappa shape index (κ1) is 25.4. The first-order valence-electron chi connectivity index (χ1n) is 11.6. The van der Waals surface area contributed by atoms with Crippen LogP contribution in [0.1, 0.15) is 36.2 Å². The van der Waals surface area contributed by atoms with Gasteiger partial charge in [-0.3, -0.25) is 4.79 Å². The summed E-state index contributed by atoms with van der Waals surface area (Å²) in [5, 5.41) is 12.2. The molecule has 1 fully saturated rings. The van der Waals surface area contributed by atoms with E-state index >= 15 is 0 Å². The number of amides is 1. The fourth-order valence-electron chi connectivity index (χ4n) is 3.69. The quantitative estimate of drug-likeness (QED) is 0.378. The number of anilines is 1. The number of benzene rings is 2. The second-order valence-electron chi connectivity index (χ2n) is 8.29. The predicted octanol–water partition coefficient (Wildman–Crippen LogP) is 5.04. The Morgan fingerprint density at radius 3 is 2.71 bits per heavy atom. The van der Waals surface area contributed by atoms with Crippen molar-refractivity contribution in [3.8, 4) is 5.75 Å². The van der Waals surface area contributed by atoms with Gasteiger partial charge in [0.25, 0.3) is 0 Å². The van der Waals surface area contributed by atoms with Gasteiger partial charge in [0.15, 0.2) is 6.29 Å². The van der Waals surface area contributed by atoms with E-state index in [2.05, 4.69) is 15.6 Å². The second kappa shape index (κ2) is 12.4. The van der Waals surface area contributed by atoms with E-state index in [1.807, 2.05) is 25.1 Å². The van der Waals surface area contributed by atoms with Gasteiger partial charge >= 0.3 is 0 Å². The van der Waals surface area contributed by atoms with Crippen LogP contribution in [0.2, 0.25) is 10.0 Å². The lowest BCUT2D eigenvalue weighted by atomic mass is 10.2. The molecule has 1 aromatic heterocycles. The van der Waals surface area contributed by atoms with Gasteiger partial charge in [0.2, 0.25) is 5.91 Å². The Hall–Kier alpha value is -2.65. The SMILES string of the molecule is Cc1c(CC(=O)Nc2ccc(OCCOC3CCCCO3)cc2)nnn1Cc1ccc(Cl)c(Cl)c1. The highest BCUT2D eigenvalue weighted by Gasteiger charge is 2.15. The third kappa shape index (κ3) is 7.41. The molecule has 10 heteroatoms. The lowest BCUT2D eigenvalue weighted by Gasteiger charge is -2.22. The summed E-state index contributed by atoms with van der Waals surface area (Å²) < 4.78 is 18.6. The highest BCUT2D eigenvalue weighted by atomic mass is 35.5. The molecule has 0 radical (unpaired) electrons. The van der Waals surface area contributed by atoms with Crippen LogP contribution in [0, 0.1) is 6.92 Å². The molecular formula is C25H28Cl2N4O4. The molecule has 1 aliphatic rings. The summed E-state index contributed by atoms with van der Waals surface area (Å²) >= 11 is 12.1. The Labute approximate surface area is 214 Å². The lowest BCUT2D eigenvalue weighted by Crippen LogP contribution is -2.24. The first-order chi connectivity index (χ1) is 17.0. The van der Waals surface area contributed by atoms with Crippen LogP contribution in [0.15, 0.2) is 42.5 Å². The van der Waals surface area contributed by atoms with Crippen molar-refractivity contribution in [1.82, 2.24) is 15.0 Å². The number of rotatable bonds is 10. The van der Waals surface area contributed by atoms with Gasteiger partial charge in [-0.2, -0.15) is 0 Å². The van der Waals surface area contributed by atoms with Gasteiger partial charge < -0.3 is 19.5 Å². The number of nitrogens with zero attached hydrogens (tertiary/aromatic N) is 3. The van der Waals surface area contributed by atoms with Crippen molar-refractivity contribution in [2.24, 2.45) is 0 Å². The molecule has 0 bridgehead atoms. The Kier molecular flexibility index (Phi) is 8.98. The number of halogens is 2. The van der Waals surface area contributed by atoms with Gasteiger partial charge in [0.1, 0.15) is 12.4 Å². The van der Waals surface area contributed by atoms with Crippen LogP contribution in [0.25, 0.3) is 0 Å². The van der Waals surface area contributed by atoms with Crippen molar-refractivity contribution in [3.63, 3.8) is 0 Å². The van der Waals surface area contributed by atoms with E-state index < -0.39 is 0 Å². The number of nitrogens with one attached hydrogen (secondary N) is 1. The number of carbonyl (C=O) groups excluding carboxylic acids is 1. The highest BCUT2D eigenvalue weighted by Crippen LogP contribution is 2.23. The van der Waals surface area contributed by atoms with E-state index in [4.69, 9.17) is 37.4 Å². The molecule has 2 heterocycles. The predicted molar refractivity (Wildman–Crippen MR) is 134 cm³/mol. The topological polar surface area (TPSA) is 87.5 Å². The van der Waals surface area contributed by atoms with Crippen LogP contribution < -0.4 is 10.1 Å². The molecule has 186 valence electrons. The van der Waals surface area contributed by atoms with Crippen molar-refractivity contribution in [2.75, 3.05) is 25.1 Å². The lowest BCUT2D eigenvalue weighted by molar-refractivity contribution is -0.165. The van der Waals surface area contributed by atoms with Gasteiger partial charge in [-0.15, -0.1) is 5.10 Å². The highest BCUT2D eigenvalue weighted by molar-refractivity contribution is 6.42. The number of hydrogen-bond donors (Lipinski definition) is 1. The van der Waals surface area contributed by atoms with E-state index in [0.29, 0.717) is 46.9 Å². The summed E-state index contributed by atoms with van der Waals surface area (Å²) in [5.41, 5.74) is 3.05. The van der Waals surface area contributed by atoms with E-state index in [1.165, 1.54) is 0 Å². The minimum atomic E-state index is -0.177. The molecule has 1 atom stereocenters. The Bertz CT molecular complexity index is 1130. The maximum atomic E-state index is 12.6. The van der Waals surface area contributed by atoms with Crippen LogP contribution in [0.3, 0.4) is 0 Å². The smallest absolute Gasteiger partial charge is 0.230 e. The summed E-state index contributed by atoms with van der Waals surface area (Å²) in [6.45, 7) is 4.03. The van der Waals surface area contributed by atoms with Crippen molar-refractivity contribution in [1.29, 1.82) is 0 Å². The zero-order valence-corrected chi connectivity index (χ0v) is 21.0. The first-order valence-corrected chi connectivity index (χ1v) is 12.3. The van der Waals surface area contributed by atoms with Crippen molar-refractivity contribution < 1.29 is 19.0 Å². The van der Waals surface area contributed by atoms with Gasteiger partial charge in [-0.05, 0) is 68.1 Å². The molecule has 1 N–H and O–H groups in total. The molecule has 0 spiro atoms. The van der Waals surface area contributed by atoms with Crippen molar-refractivity contribution in [3.05, 3.63) is 69.5 Å². The molecular weight excluding hydrogens is 491 g/mol. The normalized spacial score (nSPS) is 15.7. The molecule has 35 heavy (non-hydrogen) atoms. The zero-order chi connectivity index (χ0) is 24.6. The van der Waals surface area contributed by atoms with E-state index in [9.17, 15) is 4.79 Å². The van der Waals surface area contributed by atoms with Gasteiger partial charge in [0.05, 0.1) is 41.0 Å². The summed E-state index contributed by atoms with van der Waals surface area (Å²) in [5.74, 6) is 0.529. The van der Waals surface area contributed by atoms with Gasteiger partial charge in [0, 0.05) is 12.3 Å². The minimum absolute atomic E-state index is 0.117. The second-order valence-corrected chi connectivity index (χ2v) is 9.11. The number of ether oxygens (including phenoxy) is 3. The van der Waals surface area contributed by atoms with Crippen LogP contribution in [-0.4, -0.2) is 47.0 Å². The van der Waals surface area contributed by atoms with Gasteiger partial charge in [-0.1, -0.05) is 34.5 Å². The maximum Gasteiger partial charge on any atom is 0.230 e. The van der Waals surface area contributed by atoms with E-state index in [-0.39, 0.29) is 18.6 Å². The number of aromatic nitrogens is 3. The summed E-state index contributed by atoms with van der Waals surface area (Å²) in [6, 6.07) is 12.6. The minimum Gasteiger partial charge on any atom is -0.491 e. The largest absolute Gasteiger partial charge is 0.491 e. The summed E-state index contributed by atoms with van der Waals surface area (Å²) in [7, 11) is 0. The Morgan fingerprint density at radius 1 is 1.14 bits per heavy atom. The van der Waals surface area contributed by atoms with E-state index in [0.717, 1.165) is 37.1 Å². The van der Waals surface area contributed by atoms with Crippen molar-refractivity contribution in [2.45, 2.75) is 45.4 Å². The zero-order valence-electron chi connectivity index (χ0n) is 19.5.